The number of primary amides is 1. The molecule has 0 fully saturated rings. The third kappa shape index (κ3) is 3.07. The lowest BCUT2D eigenvalue weighted by Gasteiger charge is -2.08. The number of ether oxygens (including phenoxy) is 1. The quantitative estimate of drug-likeness (QED) is 0.911. The van der Waals surface area contributed by atoms with Gasteiger partial charge in [-0.2, -0.15) is 4.98 Å². The number of nitrogen functional groups attached to an aromatic ring is 1. The van der Waals surface area contributed by atoms with E-state index in [-0.39, 0.29) is 21.7 Å². The zero-order valence-electron chi connectivity index (χ0n) is 9.56. The number of nitrogens with two attached hydrogens (primary N) is 2. The van der Waals surface area contributed by atoms with Crippen molar-refractivity contribution in [2.45, 2.75) is 0 Å². The molecule has 0 spiro atoms. The highest BCUT2D eigenvalue weighted by Gasteiger charge is 2.09. The highest BCUT2D eigenvalue weighted by molar-refractivity contribution is 6.36. The second-order valence-electron chi connectivity index (χ2n) is 3.63. The van der Waals surface area contributed by atoms with Gasteiger partial charge in [-0.25, -0.2) is 0 Å². The number of nitrogens with zero attached hydrogens (tertiary/aromatic N) is 1. The summed E-state index contributed by atoms with van der Waals surface area (Å²) in [4.78, 5) is 14.8. The van der Waals surface area contributed by atoms with Gasteiger partial charge in [0.25, 0.3) is 0 Å². The van der Waals surface area contributed by atoms with Gasteiger partial charge in [0, 0.05) is 5.56 Å². The molecule has 0 saturated heterocycles. The molecule has 0 aliphatic heterocycles. The first-order valence-corrected chi connectivity index (χ1v) is 5.92. The topological polar surface area (TPSA) is 91.2 Å². The number of halogens is 2. The van der Waals surface area contributed by atoms with Crippen LogP contribution in [-0.4, -0.2) is 10.9 Å². The lowest BCUT2D eigenvalue weighted by atomic mass is 10.2. The van der Waals surface area contributed by atoms with Crippen LogP contribution in [0.1, 0.15) is 10.4 Å². The Hall–Kier alpha value is -1.98. The first-order chi connectivity index (χ1) is 8.97. The Bertz CT molecular complexity index is 630. The van der Waals surface area contributed by atoms with Gasteiger partial charge < -0.3 is 16.2 Å². The van der Waals surface area contributed by atoms with Crippen LogP contribution >= 0.6 is 23.2 Å². The molecule has 0 radical (unpaired) electrons. The molecule has 0 bridgehead atoms. The van der Waals surface area contributed by atoms with Crippen molar-refractivity contribution in [3.63, 3.8) is 0 Å². The molecular weight excluding hydrogens is 289 g/mol. The summed E-state index contributed by atoms with van der Waals surface area (Å²) in [6.45, 7) is 0. The second kappa shape index (κ2) is 5.34. The van der Waals surface area contributed by atoms with Crippen molar-refractivity contribution in [3.8, 4) is 11.6 Å². The number of rotatable bonds is 3. The molecule has 19 heavy (non-hydrogen) atoms. The Kier molecular flexibility index (Phi) is 3.78. The number of hydrogen-bond donors (Lipinski definition) is 2. The van der Waals surface area contributed by atoms with Crippen LogP contribution in [-0.2, 0) is 0 Å². The minimum absolute atomic E-state index is 0.120. The summed E-state index contributed by atoms with van der Waals surface area (Å²) in [5.74, 6) is 0.185. The number of hydrogen-bond acceptors (Lipinski definition) is 4. The van der Waals surface area contributed by atoms with Gasteiger partial charge in [-0.1, -0.05) is 23.2 Å². The van der Waals surface area contributed by atoms with E-state index in [9.17, 15) is 4.79 Å². The predicted molar refractivity (Wildman–Crippen MR) is 73.7 cm³/mol. The molecule has 0 unspecified atom stereocenters. The highest BCUT2D eigenvalue weighted by atomic mass is 35.5. The average molecular weight is 298 g/mol. The van der Waals surface area contributed by atoms with Crippen LogP contribution in [0.4, 0.5) is 5.82 Å². The SMILES string of the molecule is NC(=O)c1ccc(Oc2nc(N)c(Cl)cc2Cl)cc1. The number of amides is 1. The number of carbonyl (C=O) groups excluding carboxylic acids is 1. The number of benzene rings is 1. The van der Waals surface area contributed by atoms with Crippen molar-refractivity contribution in [3.05, 3.63) is 45.9 Å². The van der Waals surface area contributed by atoms with Crippen LogP contribution in [0.3, 0.4) is 0 Å². The third-order valence-electron chi connectivity index (χ3n) is 2.28. The third-order valence-corrected chi connectivity index (χ3v) is 2.85. The smallest absolute Gasteiger partial charge is 0.248 e. The zero-order chi connectivity index (χ0) is 14.0. The predicted octanol–water partition coefficient (Wildman–Crippen LogP) is 2.86. The molecular formula is C12H9Cl2N3O2. The van der Waals surface area contributed by atoms with E-state index in [1.54, 1.807) is 12.1 Å². The number of carbonyl (C=O) groups is 1. The maximum absolute atomic E-state index is 10.9. The minimum atomic E-state index is -0.515. The maximum Gasteiger partial charge on any atom is 0.248 e. The summed E-state index contributed by atoms with van der Waals surface area (Å²) in [5, 5.41) is 0.486. The molecule has 2 rings (SSSR count). The number of anilines is 1. The van der Waals surface area contributed by atoms with Crippen molar-refractivity contribution < 1.29 is 9.53 Å². The molecule has 0 aliphatic rings. The van der Waals surface area contributed by atoms with E-state index in [1.165, 1.54) is 18.2 Å². The molecule has 1 aromatic heterocycles. The summed E-state index contributed by atoms with van der Waals surface area (Å²) in [6.07, 6.45) is 0. The Morgan fingerprint density at radius 1 is 1.16 bits per heavy atom. The van der Waals surface area contributed by atoms with E-state index in [2.05, 4.69) is 4.98 Å². The first-order valence-electron chi connectivity index (χ1n) is 5.16. The second-order valence-corrected chi connectivity index (χ2v) is 4.45. The first kappa shape index (κ1) is 13.5. The standard InChI is InChI=1S/C12H9Cl2N3O2/c13-8-5-9(14)12(17-10(8)15)19-7-3-1-6(2-4-7)11(16)18/h1-5H,(H2,15,17)(H2,16,18). The summed E-state index contributed by atoms with van der Waals surface area (Å²) in [7, 11) is 0. The molecule has 1 aromatic carbocycles. The van der Waals surface area contributed by atoms with Gasteiger partial charge in [0.15, 0.2) is 0 Å². The molecule has 0 saturated carbocycles. The van der Waals surface area contributed by atoms with Gasteiger partial charge in [-0.15, -0.1) is 0 Å². The molecule has 0 aliphatic carbocycles. The van der Waals surface area contributed by atoms with Crippen molar-refractivity contribution >= 4 is 34.9 Å². The normalized spacial score (nSPS) is 10.2. The Morgan fingerprint density at radius 3 is 2.37 bits per heavy atom. The fourth-order valence-electron chi connectivity index (χ4n) is 1.33. The summed E-state index contributed by atoms with van der Waals surface area (Å²) in [5.41, 5.74) is 11.1. The largest absolute Gasteiger partial charge is 0.437 e. The van der Waals surface area contributed by atoms with E-state index in [0.717, 1.165) is 0 Å². The Balaban J connectivity index is 2.26. The fourth-order valence-corrected chi connectivity index (χ4v) is 1.73. The molecule has 7 heteroatoms. The van der Waals surface area contributed by atoms with Gasteiger partial charge in [0.2, 0.25) is 11.8 Å². The lowest BCUT2D eigenvalue weighted by Crippen LogP contribution is -2.10. The number of aromatic nitrogens is 1. The molecule has 1 amide bonds. The zero-order valence-corrected chi connectivity index (χ0v) is 11.1. The molecule has 98 valence electrons. The van der Waals surface area contributed by atoms with Crippen molar-refractivity contribution in [1.82, 2.24) is 4.98 Å². The van der Waals surface area contributed by atoms with Crippen molar-refractivity contribution in [1.29, 1.82) is 0 Å². The summed E-state index contributed by atoms with van der Waals surface area (Å²) >= 11 is 11.7. The van der Waals surface area contributed by atoms with Gasteiger partial charge >= 0.3 is 0 Å². The summed E-state index contributed by atoms with van der Waals surface area (Å²) in [6, 6.07) is 7.65. The van der Waals surface area contributed by atoms with Crippen LogP contribution in [0.25, 0.3) is 0 Å². The molecule has 4 N–H and O–H groups in total. The van der Waals surface area contributed by atoms with Crippen LogP contribution in [0.15, 0.2) is 30.3 Å². The monoisotopic (exact) mass is 297 g/mol. The van der Waals surface area contributed by atoms with Crippen LogP contribution in [0.2, 0.25) is 10.0 Å². The van der Waals surface area contributed by atoms with Crippen LogP contribution < -0.4 is 16.2 Å². The van der Waals surface area contributed by atoms with Crippen molar-refractivity contribution in [2.24, 2.45) is 5.73 Å². The van der Waals surface area contributed by atoms with Crippen molar-refractivity contribution in [2.75, 3.05) is 5.73 Å². The van der Waals surface area contributed by atoms with E-state index >= 15 is 0 Å². The fraction of sp³-hybridized carbons (Fsp3) is 0. The Labute approximate surface area is 119 Å². The molecule has 0 atom stereocenters. The minimum Gasteiger partial charge on any atom is -0.437 e. The number of pyridine rings is 1. The Morgan fingerprint density at radius 2 is 1.79 bits per heavy atom. The summed E-state index contributed by atoms with van der Waals surface area (Å²) < 4.78 is 5.45. The van der Waals surface area contributed by atoms with Gasteiger partial charge in [-0.05, 0) is 30.3 Å². The van der Waals surface area contributed by atoms with Crippen LogP contribution in [0.5, 0.6) is 11.6 Å². The maximum atomic E-state index is 10.9. The average Bonchev–Trinajstić information content (AvgIpc) is 2.36. The van der Waals surface area contributed by atoms with E-state index < -0.39 is 5.91 Å². The van der Waals surface area contributed by atoms with E-state index in [0.29, 0.717) is 11.3 Å². The van der Waals surface area contributed by atoms with E-state index in [4.69, 9.17) is 39.4 Å². The van der Waals surface area contributed by atoms with E-state index in [1.807, 2.05) is 0 Å². The molecule has 5 nitrogen and oxygen atoms in total. The van der Waals surface area contributed by atoms with Crippen LogP contribution in [0, 0.1) is 0 Å². The van der Waals surface area contributed by atoms with Gasteiger partial charge in [0.1, 0.15) is 16.6 Å². The lowest BCUT2D eigenvalue weighted by molar-refractivity contribution is 0.100. The van der Waals surface area contributed by atoms with Gasteiger partial charge in [0.05, 0.1) is 5.02 Å². The molecule has 2 aromatic rings. The van der Waals surface area contributed by atoms with Gasteiger partial charge in [-0.3, -0.25) is 4.79 Å². The highest BCUT2D eigenvalue weighted by Crippen LogP contribution is 2.32. The molecule has 1 heterocycles.